The van der Waals surface area contributed by atoms with E-state index in [0.717, 1.165) is 25.9 Å². The number of amides is 2. The molecule has 0 aromatic carbocycles. The van der Waals surface area contributed by atoms with Crippen molar-refractivity contribution in [3.63, 3.8) is 0 Å². The number of rotatable bonds is 3. The van der Waals surface area contributed by atoms with Gasteiger partial charge in [0.1, 0.15) is 6.04 Å². The number of aromatic nitrogens is 2. The number of carbonyl (C=O) groups is 2. The Kier molecular flexibility index (Phi) is 3.68. The minimum absolute atomic E-state index is 0.0597. The van der Waals surface area contributed by atoms with E-state index in [9.17, 15) is 9.59 Å². The fraction of sp³-hybridized carbons (Fsp3) is 0.615. The standard InChI is InChI=1S/C13H19N5O2/c19-12-2-1-11(17-12)13(20)16-9-7-15-18(8-9)10-3-5-14-6-4-10/h7-8,10-11,14H,1-6H2,(H,16,20)(H,17,19). The molecule has 0 bridgehead atoms. The summed E-state index contributed by atoms with van der Waals surface area (Å²) in [7, 11) is 0. The van der Waals surface area contributed by atoms with Gasteiger partial charge in [0, 0.05) is 12.6 Å². The summed E-state index contributed by atoms with van der Waals surface area (Å²) in [4.78, 5) is 23.1. The molecule has 1 unspecified atom stereocenters. The van der Waals surface area contributed by atoms with Gasteiger partial charge >= 0.3 is 0 Å². The van der Waals surface area contributed by atoms with E-state index >= 15 is 0 Å². The maximum atomic E-state index is 12.0. The van der Waals surface area contributed by atoms with Gasteiger partial charge in [-0.2, -0.15) is 5.10 Å². The van der Waals surface area contributed by atoms with Crippen LogP contribution in [0, 0.1) is 0 Å². The SMILES string of the molecule is O=C1CCC(C(=O)Nc2cnn(C3CCNCC3)c2)N1. The molecule has 20 heavy (non-hydrogen) atoms. The molecule has 3 heterocycles. The summed E-state index contributed by atoms with van der Waals surface area (Å²) in [6, 6.07) is -0.0159. The van der Waals surface area contributed by atoms with Crippen molar-refractivity contribution in [2.45, 2.75) is 37.8 Å². The first-order valence-electron chi connectivity index (χ1n) is 7.07. The number of anilines is 1. The first-order valence-corrected chi connectivity index (χ1v) is 7.07. The van der Waals surface area contributed by atoms with Gasteiger partial charge in [0.15, 0.2) is 0 Å². The van der Waals surface area contributed by atoms with Crippen LogP contribution < -0.4 is 16.0 Å². The Bertz CT molecular complexity index is 507. The maximum absolute atomic E-state index is 12.0. The number of nitrogens with one attached hydrogen (secondary N) is 3. The molecule has 0 spiro atoms. The fourth-order valence-corrected chi connectivity index (χ4v) is 2.71. The van der Waals surface area contributed by atoms with Crippen molar-refractivity contribution in [1.82, 2.24) is 20.4 Å². The lowest BCUT2D eigenvalue weighted by molar-refractivity contribution is -0.122. The van der Waals surface area contributed by atoms with Crippen molar-refractivity contribution in [3.05, 3.63) is 12.4 Å². The predicted molar refractivity (Wildman–Crippen MR) is 73.2 cm³/mol. The number of carbonyl (C=O) groups excluding carboxylic acids is 2. The second-order valence-electron chi connectivity index (χ2n) is 5.34. The Morgan fingerprint density at radius 1 is 1.35 bits per heavy atom. The third kappa shape index (κ3) is 2.82. The van der Waals surface area contributed by atoms with E-state index in [1.807, 2.05) is 10.9 Å². The van der Waals surface area contributed by atoms with Gasteiger partial charge in [-0.15, -0.1) is 0 Å². The van der Waals surface area contributed by atoms with Gasteiger partial charge in [-0.1, -0.05) is 0 Å². The third-order valence-corrected chi connectivity index (χ3v) is 3.86. The summed E-state index contributed by atoms with van der Waals surface area (Å²) < 4.78 is 1.92. The second kappa shape index (κ2) is 5.62. The molecule has 2 fully saturated rings. The molecule has 2 aliphatic rings. The molecule has 0 saturated carbocycles. The van der Waals surface area contributed by atoms with E-state index in [2.05, 4.69) is 21.0 Å². The normalized spacial score (nSPS) is 23.6. The van der Waals surface area contributed by atoms with E-state index in [1.165, 1.54) is 0 Å². The highest BCUT2D eigenvalue weighted by Gasteiger charge is 2.27. The van der Waals surface area contributed by atoms with Crippen molar-refractivity contribution in [2.24, 2.45) is 0 Å². The van der Waals surface area contributed by atoms with Crippen molar-refractivity contribution in [1.29, 1.82) is 0 Å². The average Bonchev–Trinajstić information content (AvgIpc) is 3.09. The predicted octanol–water partition coefficient (Wildman–Crippen LogP) is 0.0247. The lowest BCUT2D eigenvalue weighted by atomic mass is 10.1. The molecular formula is C13H19N5O2. The van der Waals surface area contributed by atoms with Crippen LogP contribution in [-0.4, -0.2) is 40.7 Å². The van der Waals surface area contributed by atoms with Crippen LogP contribution in [-0.2, 0) is 9.59 Å². The molecule has 3 rings (SSSR count). The van der Waals surface area contributed by atoms with E-state index in [0.29, 0.717) is 24.6 Å². The molecule has 7 heteroatoms. The summed E-state index contributed by atoms with van der Waals surface area (Å²) >= 11 is 0. The Hall–Kier alpha value is -1.89. The summed E-state index contributed by atoms with van der Waals surface area (Å²) in [5.41, 5.74) is 0.690. The van der Waals surface area contributed by atoms with Gasteiger partial charge in [-0.3, -0.25) is 14.3 Å². The van der Waals surface area contributed by atoms with Crippen LogP contribution in [0.1, 0.15) is 31.7 Å². The van der Waals surface area contributed by atoms with Crippen LogP contribution in [0.5, 0.6) is 0 Å². The van der Waals surface area contributed by atoms with Gasteiger partial charge in [0.05, 0.1) is 17.9 Å². The van der Waals surface area contributed by atoms with Crippen LogP contribution in [0.15, 0.2) is 12.4 Å². The Labute approximate surface area is 117 Å². The summed E-state index contributed by atoms with van der Waals surface area (Å²) in [5.74, 6) is -0.226. The molecule has 2 aliphatic heterocycles. The van der Waals surface area contributed by atoms with Crippen LogP contribution in [0.4, 0.5) is 5.69 Å². The van der Waals surface area contributed by atoms with Crippen molar-refractivity contribution >= 4 is 17.5 Å². The zero-order valence-corrected chi connectivity index (χ0v) is 11.3. The fourth-order valence-electron chi connectivity index (χ4n) is 2.71. The van der Waals surface area contributed by atoms with E-state index in [-0.39, 0.29) is 11.8 Å². The Morgan fingerprint density at radius 3 is 2.85 bits per heavy atom. The van der Waals surface area contributed by atoms with Gasteiger partial charge in [0.2, 0.25) is 11.8 Å². The molecule has 3 N–H and O–H groups in total. The smallest absolute Gasteiger partial charge is 0.247 e. The Morgan fingerprint density at radius 2 is 2.15 bits per heavy atom. The first kappa shape index (κ1) is 13.1. The number of hydrogen-bond donors (Lipinski definition) is 3. The highest BCUT2D eigenvalue weighted by Crippen LogP contribution is 2.19. The minimum Gasteiger partial charge on any atom is -0.344 e. The zero-order valence-electron chi connectivity index (χ0n) is 11.3. The van der Waals surface area contributed by atoms with Gasteiger partial charge < -0.3 is 16.0 Å². The van der Waals surface area contributed by atoms with Crippen molar-refractivity contribution in [2.75, 3.05) is 18.4 Å². The molecule has 2 saturated heterocycles. The monoisotopic (exact) mass is 277 g/mol. The van der Waals surface area contributed by atoms with E-state index in [4.69, 9.17) is 0 Å². The van der Waals surface area contributed by atoms with Crippen LogP contribution in [0.3, 0.4) is 0 Å². The topological polar surface area (TPSA) is 88.0 Å². The number of hydrogen-bond acceptors (Lipinski definition) is 4. The van der Waals surface area contributed by atoms with Gasteiger partial charge in [-0.05, 0) is 32.4 Å². The van der Waals surface area contributed by atoms with E-state index < -0.39 is 6.04 Å². The molecule has 0 aliphatic carbocycles. The van der Waals surface area contributed by atoms with E-state index in [1.54, 1.807) is 6.20 Å². The molecule has 2 amide bonds. The van der Waals surface area contributed by atoms with Crippen molar-refractivity contribution in [3.8, 4) is 0 Å². The molecule has 1 aromatic rings. The number of piperidine rings is 1. The summed E-state index contributed by atoms with van der Waals surface area (Å²) in [5, 5.41) is 13.1. The highest BCUT2D eigenvalue weighted by atomic mass is 16.2. The minimum atomic E-state index is -0.412. The molecule has 1 aromatic heterocycles. The Balaban J connectivity index is 1.59. The molecular weight excluding hydrogens is 258 g/mol. The molecule has 7 nitrogen and oxygen atoms in total. The van der Waals surface area contributed by atoms with Crippen molar-refractivity contribution < 1.29 is 9.59 Å². The average molecular weight is 277 g/mol. The third-order valence-electron chi connectivity index (χ3n) is 3.86. The molecule has 0 radical (unpaired) electrons. The lowest BCUT2D eigenvalue weighted by Gasteiger charge is -2.22. The quantitative estimate of drug-likeness (QED) is 0.727. The lowest BCUT2D eigenvalue weighted by Crippen LogP contribution is -2.37. The van der Waals surface area contributed by atoms with Gasteiger partial charge in [0.25, 0.3) is 0 Å². The van der Waals surface area contributed by atoms with Crippen LogP contribution in [0.25, 0.3) is 0 Å². The van der Waals surface area contributed by atoms with Gasteiger partial charge in [-0.25, -0.2) is 0 Å². The highest BCUT2D eigenvalue weighted by molar-refractivity contribution is 5.98. The maximum Gasteiger partial charge on any atom is 0.247 e. The summed E-state index contributed by atoms with van der Waals surface area (Å²) in [6.45, 7) is 2.00. The molecule has 1 atom stereocenters. The summed E-state index contributed by atoms with van der Waals surface area (Å²) in [6.07, 6.45) is 6.61. The number of nitrogens with zero attached hydrogens (tertiary/aromatic N) is 2. The van der Waals surface area contributed by atoms with Crippen LogP contribution >= 0.6 is 0 Å². The largest absolute Gasteiger partial charge is 0.344 e. The molecule has 108 valence electrons. The second-order valence-corrected chi connectivity index (χ2v) is 5.34. The zero-order chi connectivity index (χ0) is 13.9. The van der Waals surface area contributed by atoms with Crippen LogP contribution in [0.2, 0.25) is 0 Å². The first-order chi connectivity index (χ1) is 9.72.